The summed E-state index contributed by atoms with van der Waals surface area (Å²) in [5.41, 5.74) is 10.3. The first-order valence-electron chi connectivity index (χ1n) is 9.54. The topological polar surface area (TPSA) is 90.1 Å². The number of carbonyl (C=O) groups is 1. The Morgan fingerprint density at radius 3 is 2.53 bits per heavy atom. The summed E-state index contributed by atoms with van der Waals surface area (Å²) < 4.78 is 5.61. The summed E-state index contributed by atoms with van der Waals surface area (Å²) in [6, 6.07) is 15.6. The number of nitrogens with zero attached hydrogens (tertiary/aromatic N) is 2. The van der Waals surface area contributed by atoms with Gasteiger partial charge in [-0.3, -0.25) is 4.79 Å². The van der Waals surface area contributed by atoms with E-state index in [0.717, 1.165) is 28.1 Å². The fourth-order valence-corrected chi connectivity index (χ4v) is 5.07. The number of thioether (sulfide) groups is 1. The van der Waals surface area contributed by atoms with E-state index < -0.39 is 8.15 Å². The molecular weight excluding hydrogens is 415 g/mol. The molecule has 0 spiro atoms. The molecule has 30 heavy (non-hydrogen) atoms. The quantitative estimate of drug-likeness (QED) is 0.360. The zero-order valence-corrected chi connectivity index (χ0v) is 19.0. The van der Waals surface area contributed by atoms with Gasteiger partial charge in [0, 0.05) is 36.4 Å². The minimum atomic E-state index is -0.420. The third-order valence-corrected chi connectivity index (χ3v) is 7.51. The van der Waals surface area contributed by atoms with Gasteiger partial charge in [0.05, 0.1) is 11.9 Å². The molecule has 0 bridgehead atoms. The molecule has 1 aromatic heterocycles. The number of rotatable bonds is 8. The monoisotopic (exact) mass is 440 g/mol. The van der Waals surface area contributed by atoms with Gasteiger partial charge in [-0.15, -0.1) is 11.8 Å². The molecule has 0 aliphatic carbocycles. The fraction of sp³-hybridized carbons (Fsp3) is 0.227. The van der Waals surface area contributed by atoms with Crippen molar-refractivity contribution in [3.63, 3.8) is 0 Å². The maximum absolute atomic E-state index is 12.7. The number of amides is 1. The van der Waals surface area contributed by atoms with Crippen LogP contribution in [0.2, 0.25) is 0 Å². The van der Waals surface area contributed by atoms with Crippen LogP contribution < -0.4 is 11.1 Å². The van der Waals surface area contributed by atoms with E-state index in [1.165, 1.54) is 0 Å². The van der Waals surface area contributed by atoms with Crippen molar-refractivity contribution in [2.75, 3.05) is 29.8 Å². The van der Waals surface area contributed by atoms with Gasteiger partial charge in [-0.25, -0.2) is 9.97 Å². The maximum atomic E-state index is 12.7. The SMILES string of the molecule is CCOP(C)CSc1ccc(NC(=O)c2nc(-c3ccc(C)cc3)cnc2N)cc1. The molecule has 1 atom stereocenters. The highest BCUT2D eigenvalue weighted by atomic mass is 32.2. The number of aromatic nitrogens is 2. The number of aryl methyl sites for hydroxylation is 1. The number of hydrogen-bond acceptors (Lipinski definition) is 6. The molecule has 2 aromatic carbocycles. The number of carbonyl (C=O) groups excluding carboxylic acids is 1. The molecule has 0 radical (unpaired) electrons. The summed E-state index contributed by atoms with van der Waals surface area (Å²) >= 11 is 1.74. The molecule has 6 nitrogen and oxygen atoms in total. The number of anilines is 2. The third kappa shape index (κ3) is 6.02. The van der Waals surface area contributed by atoms with Gasteiger partial charge < -0.3 is 15.6 Å². The summed E-state index contributed by atoms with van der Waals surface area (Å²) in [6.45, 7) is 6.89. The van der Waals surface area contributed by atoms with Crippen LogP contribution in [-0.2, 0) is 4.52 Å². The molecule has 0 aliphatic heterocycles. The zero-order chi connectivity index (χ0) is 21.5. The van der Waals surface area contributed by atoms with Crippen molar-refractivity contribution >= 4 is 37.3 Å². The maximum Gasteiger partial charge on any atom is 0.278 e. The largest absolute Gasteiger partial charge is 0.382 e. The molecule has 0 saturated heterocycles. The van der Waals surface area contributed by atoms with Crippen molar-refractivity contribution in [3.05, 3.63) is 66.0 Å². The van der Waals surface area contributed by atoms with Gasteiger partial charge in [0.1, 0.15) is 0 Å². The summed E-state index contributed by atoms with van der Waals surface area (Å²) in [6.07, 6.45) is 1.58. The van der Waals surface area contributed by atoms with E-state index in [1.54, 1.807) is 18.0 Å². The highest BCUT2D eigenvalue weighted by molar-refractivity contribution is 8.04. The number of nitrogens with two attached hydrogens (primary N) is 1. The van der Waals surface area contributed by atoms with E-state index in [-0.39, 0.29) is 17.4 Å². The van der Waals surface area contributed by atoms with E-state index in [0.29, 0.717) is 11.4 Å². The van der Waals surface area contributed by atoms with E-state index in [2.05, 4.69) is 21.9 Å². The lowest BCUT2D eigenvalue weighted by atomic mass is 10.1. The first-order chi connectivity index (χ1) is 14.5. The molecular formula is C22H25N4O2PS. The van der Waals surface area contributed by atoms with Crippen molar-refractivity contribution in [3.8, 4) is 11.3 Å². The first-order valence-corrected chi connectivity index (χ1v) is 12.4. The molecule has 1 amide bonds. The summed E-state index contributed by atoms with van der Waals surface area (Å²) in [5, 5.41) is 2.85. The Balaban J connectivity index is 1.68. The van der Waals surface area contributed by atoms with E-state index >= 15 is 0 Å². The Bertz CT molecular complexity index is 997. The van der Waals surface area contributed by atoms with Gasteiger partial charge in [-0.2, -0.15) is 0 Å². The van der Waals surface area contributed by atoms with Gasteiger partial charge in [0.25, 0.3) is 5.91 Å². The zero-order valence-electron chi connectivity index (χ0n) is 17.3. The molecule has 0 fully saturated rings. The second kappa shape index (κ2) is 10.5. The standard InChI is InChI=1S/C22H25N4O2PS/c1-4-28-29(3)14-30-18-11-9-17(10-12-18)25-22(27)20-21(23)24-13-19(26-20)16-7-5-15(2)6-8-16/h5-13H,4,14H2,1-3H3,(H2,23,24)(H,25,27). The van der Waals surface area contributed by atoms with Crippen molar-refractivity contribution in [2.24, 2.45) is 0 Å². The predicted molar refractivity (Wildman–Crippen MR) is 126 cm³/mol. The highest BCUT2D eigenvalue weighted by Gasteiger charge is 2.15. The summed E-state index contributed by atoms with van der Waals surface area (Å²) in [7, 11) is -0.420. The van der Waals surface area contributed by atoms with Crippen LogP contribution in [0.1, 0.15) is 23.0 Å². The smallest absolute Gasteiger partial charge is 0.278 e. The van der Waals surface area contributed by atoms with Crippen molar-refractivity contribution in [1.29, 1.82) is 0 Å². The van der Waals surface area contributed by atoms with Crippen LogP contribution in [0, 0.1) is 6.92 Å². The van der Waals surface area contributed by atoms with Crippen LogP contribution in [0.4, 0.5) is 11.5 Å². The summed E-state index contributed by atoms with van der Waals surface area (Å²) in [5.74, 6) is -0.287. The van der Waals surface area contributed by atoms with Gasteiger partial charge in [0.15, 0.2) is 11.5 Å². The lowest BCUT2D eigenvalue weighted by molar-refractivity contribution is 0.102. The van der Waals surface area contributed by atoms with E-state index in [4.69, 9.17) is 10.3 Å². The number of hydrogen-bond donors (Lipinski definition) is 2. The molecule has 156 valence electrons. The van der Waals surface area contributed by atoms with Gasteiger partial charge in [-0.1, -0.05) is 29.8 Å². The molecule has 8 heteroatoms. The Labute approximate surface area is 182 Å². The Morgan fingerprint density at radius 1 is 1.17 bits per heavy atom. The third-order valence-electron chi connectivity index (χ3n) is 4.24. The Hall–Kier alpha value is -2.47. The number of nitrogens with one attached hydrogen (secondary N) is 1. The Kier molecular flexibility index (Phi) is 7.80. The molecule has 1 unspecified atom stereocenters. The number of benzene rings is 2. The van der Waals surface area contributed by atoms with Gasteiger partial charge in [0.2, 0.25) is 0 Å². The van der Waals surface area contributed by atoms with Crippen molar-refractivity contribution < 1.29 is 9.32 Å². The molecule has 0 saturated carbocycles. The predicted octanol–water partition coefficient (Wildman–Crippen LogP) is 5.40. The second-order valence-corrected chi connectivity index (χ2v) is 9.96. The van der Waals surface area contributed by atoms with E-state index in [1.807, 2.05) is 62.4 Å². The van der Waals surface area contributed by atoms with Crippen LogP contribution >= 0.6 is 19.9 Å². The van der Waals surface area contributed by atoms with Crippen LogP contribution in [0.3, 0.4) is 0 Å². The molecule has 1 heterocycles. The first kappa shape index (κ1) is 22.2. The normalized spacial score (nSPS) is 11.8. The van der Waals surface area contributed by atoms with E-state index in [9.17, 15) is 4.79 Å². The van der Waals surface area contributed by atoms with Crippen molar-refractivity contribution in [2.45, 2.75) is 18.7 Å². The molecule has 3 N–H and O–H groups in total. The Morgan fingerprint density at radius 2 is 1.87 bits per heavy atom. The van der Waals surface area contributed by atoms with Gasteiger partial charge >= 0.3 is 0 Å². The molecule has 3 rings (SSSR count). The minimum Gasteiger partial charge on any atom is -0.382 e. The second-order valence-electron chi connectivity index (χ2n) is 6.65. The summed E-state index contributed by atoms with van der Waals surface area (Å²) in [4.78, 5) is 22.4. The highest BCUT2D eigenvalue weighted by Crippen LogP contribution is 2.39. The lowest BCUT2D eigenvalue weighted by Gasteiger charge is -2.11. The van der Waals surface area contributed by atoms with Crippen LogP contribution in [0.15, 0.2) is 59.6 Å². The number of nitrogen functional groups attached to an aromatic ring is 1. The van der Waals surface area contributed by atoms with Crippen LogP contribution in [0.25, 0.3) is 11.3 Å². The van der Waals surface area contributed by atoms with Gasteiger partial charge in [-0.05, 0) is 44.8 Å². The molecule has 0 aliphatic rings. The molecule has 3 aromatic rings. The van der Waals surface area contributed by atoms with Crippen molar-refractivity contribution in [1.82, 2.24) is 9.97 Å². The fourth-order valence-electron chi connectivity index (χ4n) is 2.68. The lowest BCUT2D eigenvalue weighted by Crippen LogP contribution is -2.17. The average Bonchev–Trinajstić information content (AvgIpc) is 2.74. The minimum absolute atomic E-state index is 0.0998. The van der Waals surface area contributed by atoms with Crippen LogP contribution in [0.5, 0.6) is 0 Å². The van der Waals surface area contributed by atoms with Crippen LogP contribution in [-0.4, -0.2) is 34.6 Å². The average molecular weight is 441 g/mol.